The predicted octanol–water partition coefficient (Wildman–Crippen LogP) is 2.70. The van der Waals surface area contributed by atoms with Crippen LogP contribution < -0.4 is 11.1 Å². The van der Waals surface area contributed by atoms with Crippen LogP contribution in [0.5, 0.6) is 0 Å². The summed E-state index contributed by atoms with van der Waals surface area (Å²) >= 11 is 0. The summed E-state index contributed by atoms with van der Waals surface area (Å²) in [5.74, 6) is -2.06. The molecule has 1 aromatic rings. The second-order valence-electron chi connectivity index (χ2n) is 4.50. The molecule has 3 N–H and O–H groups in total. The van der Waals surface area contributed by atoms with Crippen molar-refractivity contribution in [2.75, 3.05) is 6.54 Å². The first-order valence-electron chi connectivity index (χ1n) is 6.13. The van der Waals surface area contributed by atoms with Crippen LogP contribution >= 0.6 is 0 Å². The van der Waals surface area contributed by atoms with Crippen molar-refractivity contribution < 1.29 is 22.4 Å². The largest absolute Gasteiger partial charge is 0.419 e. The zero-order chi connectivity index (χ0) is 15.3. The van der Waals surface area contributed by atoms with Crippen LogP contribution in [0.4, 0.5) is 17.6 Å². The zero-order valence-corrected chi connectivity index (χ0v) is 10.9. The third-order valence-electron chi connectivity index (χ3n) is 2.75. The van der Waals surface area contributed by atoms with Crippen molar-refractivity contribution in [2.45, 2.75) is 32.0 Å². The normalized spacial score (nSPS) is 13.1. The van der Waals surface area contributed by atoms with E-state index in [1.165, 1.54) is 0 Å². The van der Waals surface area contributed by atoms with Crippen molar-refractivity contribution in [1.82, 2.24) is 5.32 Å². The van der Waals surface area contributed by atoms with Crippen molar-refractivity contribution in [3.8, 4) is 0 Å². The summed E-state index contributed by atoms with van der Waals surface area (Å²) < 4.78 is 50.7. The SMILES string of the molecule is CC(CCCN)NC(=O)c1ccc(F)c(C(F)(F)F)c1. The van der Waals surface area contributed by atoms with E-state index in [0.29, 0.717) is 31.5 Å². The molecule has 0 saturated carbocycles. The first-order chi connectivity index (χ1) is 9.25. The minimum atomic E-state index is -4.83. The zero-order valence-electron chi connectivity index (χ0n) is 10.9. The molecular formula is C13H16F4N2O. The highest BCUT2D eigenvalue weighted by Gasteiger charge is 2.34. The van der Waals surface area contributed by atoms with Crippen LogP contribution in [0, 0.1) is 5.82 Å². The summed E-state index contributed by atoms with van der Waals surface area (Å²) in [6, 6.07) is 1.96. The van der Waals surface area contributed by atoms with Gasteiger partial charge in [-0.25, -0.2) is 4.39 Å². The molecule has 0 spiro atoms. The molecule has 0 aromatic heterocycles. The molecule has 20 heavy (non-hydrogen) atoms. The van der Waals surface area contributed by atoms with Crippen LogP contribution in [0.2, 0.25) is 0 Å². The van der Waals surface area contributed by atoms with E-state index in [1.807, 2.05) is 0 Å². The second-order valence-corrected chi connectivity index (χ2v) is 4.50. The monoisotopic (exact) mass is 292 g/mol. The number of rotatable bonds is 5. The number of hydrogen-bond donors (Lipinski definition) is 2. The highest BCUT2D eigenvalue weighted by molar-refractivity contribution is 5.94. The molecule has 0 saturated heterocycles. The number of amides is 1. The third kappa shape index (κ3) is 4.48. The fraction of sp³-hybridized carbons (Fsp3) is 0.462. The number of halogens is 4. The van der Waals surface area contributed by atoms with Gasteiger partial charge in [-0.1, -0.05) is 0 Å². The molecule has 0 fully saturated rings. The average molecular weight is 292 g/mol. The summed E-state index contributed by atoms with van der Waals surface area (Å²) in [5.41, 5.74) is 3.66. The van der Waals surface area contributed by atoms with Crippen LogP contribution in [0.15, 0.2) is 18.2 Å². The molecule has 1 aromatic carbocycles. The maximum absolute atomic E-state index is 13.1. The van der Waals surface area contributed by atoms with Gasteiger partial charge in [-0.2, -0.15) is 13.2 Å². The van der Waals surface area contributed by atoms with Gasteiger partial charge in [0.05, 0.1) is 5.56 Å². The number of nitrogens with two attached hydrogens (primary N) is 1. The van der Waals surface area contributed by atoms with Crippen molar-refractivity contribution in [2.24, 2.45) is 5.73 Å². The Labute approximate surface area is 114 Å². The number of carbonyl (C=O) groups is 1. The topological polar surface area (TPSA) is 55.1 Å². The smallest absolute Gasteiger partial charge is 0.350 e. The van der Waals surface area contributed by atoms with Crippen LogP contribution in [0.1, 0.15) is 35.7 Å². The number of nitrogens with one attached hydrogen (secondary N) is 1. The number of carbonyl (C=O) groups excluding carboxylic acids is 1. The number of hydrogen-bond acceptors (Lipinski definition) is 2. The Kier molecular flexibility index (Phi) is 5.50. The lowest BCUT2D eigenvalue weighted by Crippen LogP contribution is -2.33. The fourth-order valence-corrected chi connectivity index (χ4v) is 1.69. The van der Waals surface area contributed by atoms with Gasteiger partial charge in [0.2, 0.25) is 0 Å². The summed E-state index contributed by atoms with van der Waals surface area (Å²) in [5, 5.41) is 2.54. The van der Waals surface area contributed by atoms with Gasteiger partial charge in [0.1, 0.15) is 5.82 Å². The van der Waals surface area contributed by atoms with E-state index in [1.54, 1.807) is 6.92 Å². The van der Waals surface area contributed by atoms with Gasteiger partial charge in [-0.15, -0.1) is 0 Å². The molecule has 7 heteroatoms. The molecule has 0 aliphatic carbocycles. The van der Waals surface area contributed by atoms with Gasteiger partial charge >= 0.3 is 6.18 Å². The van der Waals surface area contributed by atoms with Crippen molar-refractivity contribution in [3.63, 3.8) is 0 Å². The summed E-state index contributed by atoms with van der Waals surface area (Å²) in [7, 11) is 0. The lowest BCUT2D eigenvalue weighted by Gasteiger charge is -2.14. The summed E-state index contributed by atoms with van der Waals surface area (Å²) in [6.45, 7) is 2.19. The van der Waals surface area contributed by atoms with Crippen molar-refractivity contribution in [3.05, 3.63) is 35.1 Å². The van der Waals surface area contributed by atoms with Gasteiger partial charge in [0, 0.05) is 11.6 Å². The van der Waals surface area contributed by atoms with E-state index in [-0.39, 0.29) is 11.6 Å². The van der Waals surface area contributed by atoms with Crippen LogP contribution in [0.25, 0.3) is 0 Å². The summed E-state index contributed by atoms with van der Waals surface area (Å²) in [6.07, 6.45) is -3.51. The van der Waals surface area contributed by atoms with Gasteiger partial charge in [0.15, 0.2) is 0 Å². The molecule has 1 rings (SSSR count). The van der Waals surface area contributed by atoms with Crippen LogP contribution in [-0.2, 0) is 6.18 Å². The van der Waals surface area contributed by atoms with E-state index < -0.39 is 23.5 Å². The van der Waals surface area contributed by atoms with E-state index in [0.717, 1.165) is 6.07 Å². The third-order valence-corrected chi connectivity index (χ3v) is 2.75. The first-order valence-corrected chi connectivity index (χ1v) is 6.13. The minimum Gasteiger partial charge on any atom is -0.350 e. The van der Waals surface area contributed by atoms with Gasteiger partial charge in [0.25, 0.3) is 5.91 Å². The maximum Gasteiger partial charge on any atom is 0.419 e. The quantitative estimate of drug-likeness (QED) is 0.820. The van der Waals surface area contributed by atoms with Crippen molar-refractivity contribution >= 4 is 5.91 Å². The molecule has 0 heterocycles. The second kappa shape index (κ2) is 6.69. The molecule has 0 aliphatic heterocycles. The highest BCUT2D eigenvalue weighted by atomic mass is 19.4. The molecule has 0 radical (unpaired) electrons. The maximum atomic E-state index is 13.1. The summed E-state index contributed by atoms with van der Waals surface area (Å²) in [4.78, 5) is 11.8. The highest BCUT2D eigenvalue weighted by Crippen LogP contribution is 2.31. The Morgan fingerprint density at radius 2 is 2.05 bits per heavy atom. The van der Waals surface area contributed by atoms with E-state index >= 15 is 0 Å². The van der Waals surface area contributed by atoms with Crippen LogP contribution in [0.3, 0.4) is 0 Å². The molecule has 0 aliphatic rings. The fourth-order valence-electron chi connectivity index (χ4n) is 1.69. The van der Waals surface area contributed by atoms with Gasteiger partial charge < -0.3 is 11.1 Å². The van der Waals surface area contributed by atoms with Crippen molar-refractivity contribution in [1.29, 1.82) is 0 Å². The van der Waals surface area contributed by atoms with Crippen LogP contribution in [-0.4, -0.2) is 18.5 Å². The lowest BCUT2D eigenvalue weighted by atomic mass is 10.1. The minimum absolute atomic E-state index is 0.217. The molecule has 1 unspecified atom stereocenters. The van der Waals surface area contributed by atoms with Gasteiger partial charge in [-0.05, 0) is 44.5 Å². The Morgan fingerprint density at radius 1 is 1.40 bits per heavy atom. The molecule has 1 atom stereocenters. The standard InChI is InChI=1S/C13H16F4N2O/c1-8(3-2-6-18)19-12(20)9-4-5-11(14)10(7-9)13(15,16)17/h4-5,7-8H,2-3,6,18H2,1H3,(H,19,20). The molecular weight excluding hydrogens is 276 g/mol. The molecule has 112 valence electrons. The van der Waals surface area contributed by atoms with E-state index in [4.69, 9.17) is 5.73 Å². The predicted molar refractivity (Wildman–Crippen MR) is 66.6 cm³/mol. The first kappa shape index (κ1) is 16.4. The molecule has 3 nitrogen and oxygen atoms in total. The molecule has 1 amide bonds. The Hall–Kier alpha value is -1.63. The average Bonchev–Trinajstić information content (AvgIpc) is 2.35. The van der Waals surface area contributed by atoms with E-state index in [9.17, 15) is 22.4 Å². The van der Waals surface area contributed by atoms with E-state index in [2.05, 4.69) is 5.32 Å². The Morgan fingerprint density at radius 3 is 2.60 bits per heavy atom. The molecule has 0 bridgehead atoms. The van der Waals surface area contributed by atoms with Gasteiger partial charge in [-0.3, -0.25) is 4.79 Å². The number of alkyl halides is 3. The lowest BCUT2D eigenvalue weighted by molar-refractivity contribution is -0.140. The Balaban J connectivity index is 2.84. The Bertz CT molecular complexity index is 474. The number of benzene rings is 1.